The van der Waals surface area contributed by atoms with Crippen molar-refractivity contribution in [1.82, 2.24) is 9.80 Å². The van der Waals surface area contributed by atoms with Crippen molar-refractivity contribution >= 4 is 46.6 Å². The Balaban J connectivity index is 1.69. The normalized spacial score (nSPS) is 21.3. The quantitative estimate of drug-likeness (QED) is 0.570. The molecule has 2 aromatic carbocycles. The lowest BCUT2D eigenvalue weighted by atomic mass is 9.80. The summed E-state index contributed by atoms with van der Waals surface area (Å²) >= 11 is 12.0. The molecule has 2 aromatic rings. The molecule has 0 aliphatic carbocycles. The second-order valence-corrected chi connectivity index (χ2v) is 10.5. The van der Waals surface area contributed by atoms with Gasteiger partial charge in [0.15, 0.2) is 5.82 Å². The molecule has 0 radical (unpaired) electrons. The molecular weight excluding hydrogens is 506 g/mol. The summed E-state index contributed by atoms with van der Waals surface area (Å²) in [6.07, 6.45) is 0.393. The van der Waals surface area contributed by atoms with Gasteiger partial charge in [-0.2, -0.15) is 5.26 Å². The van der Waals surface area contributed by atoms with E-state index in [2.05, 4.69) is 11.4 Å². The van der Waals surface area contributed by atoms with Crippen LogP contribution in [0.2, 0.25) is 10.0 Å². The first kappa shape index (κ1) is 25.9. The highest BCUT2D eigenvalue weighted by molar-refractivity contribution is 6.36. The number of carbonyl (C=O) groups is 3. The molecule has 0 aromatic heterocycles. The minimum Gasteiger partial charge on any atom is -0.330 e. The van der Waals surface area contributed by atoms with Crippen molar-refractivity contribution < 1.29 is 18.8 Å². The molecule has 188 valence electrons. The second kappa shape index (κ2) is 9.72. The van der Waals surface area contributed by atoms with Crippen molar-refractivity contribution in [2.75, 3.05) is 18.9 Å². The Hall–Kier alpha value is -3.15. The third kappa shape index (κ3) is 4.21. The number of likely N-dealkylation sites (N-methyl/N-ethyl adjacent to an activating group) is 1. The average molecular weight is 531 g/mol. The predicted molar refractivity (Wildman–Crippen MR) is 134 cm³/mol. The molecule has 10 heteroatoms. The molecule has 0 bridgehead atoms. The number of likely N-dealkylation sites (tertiary alicyclic amines) is 1. The molecule has 2 heterocycles. The fourth-order valence-corrected chi connectivity index (χ4v) is 5.47. The molecule has 2 aliphatic rings. The molecule has 0 saturated carbocycles. The van der Waals surface area contributed by atoms with Crippen molar-refractivity contribution in [1.29, 1.82) is 5.26 Å². The topological polar surface area (TPSA) is 93.5 Å². The molecule has 2 aliphatic heterocycles. The Morgan fingerprint density at radius 2 is 1.92 bits per heavy atom. The van der Waals surface area contributed by atoms with Crippen LogP contribution < -0.4 is 5.32 Å². The van der Waals surface area contributed by atoms with Crippen LogP contribution in [-0.2, 0) is 15.0 Å². The number of nitriles is 1. The van der Waals surface area contributed by atoms with Crippen LogP contribution in [0.4, 0.5) is 10.1 Å². The number of nitrogens with zero attached hydrogens (tertiary/aromatic N) is 3. The first-order valence-corrected chi connectivity index (χ1v) is 12.3. The first-order valence-electron chi connectivity index (χ1n) is 11.5. The number of anilines is 1. The summed E-state index contributed by atoms with van der Waals surface area (Å²) in [4.78, 5) is 42.8. The van der Waals surface area contributed by atoms with Gasteiger partial charge in [0.1, 0.15) is 12.1 Å². The summed E-state index contributed by atoms with van der Waals surface area (Å²) in [7, 11) is 1.40. The van der Waals surface area contributed by atoms with Gasteiger partial charge in [0.2, 0.25) is 11.8 Å². The zero-order chi connectivity index (χ0) is 26.4. The number of rotatable bonds is 5. The standard InChI is InChI=1S/C26H25Cl2FN4O3/c1-14(2)10-20(32(3)24(35)21-17(27)8-9-18(28)22(21)29)23(34)33-13-26(11-15(33)12-30)16-6-4-5-7-19(16)31-25(26)36/h4-9,14-15,20H,10-11,13H2,1-3H3,(H,31,36)/t15-,20-,26-/m0/s1. The summed E-state index contributed by atoms with van der Waals surface area (Å²) in [5.41, 5.74) is -0.0826. The number of fused-ring (bicyclic) bond motifs is 2. The van der Waals surface area contributed by atoms with Gasteiger partial charge in [-0.1, -0.05) is 55.2 Å². The summed E-state index contributed by atoms with van der Waals surface area (Å²) in [6.45, 7) is 3.77. The van der Waals surface area contributed by atoms with Crippen LogP contribution in [0.15, 0.2) is 36.4 Å². The summed E-state index contributed by atoms with van der Waals surface area (Å²) in [5, 5.41) is 12.4. The van der Waals surface area contributed by atoms with E-state index in [4.69, 9.17) is 23.2 Å². The Morgan fingerprint density at radius 3 is 2.58 bits per heavy atom. The second-order valence-electron chi connectivity index (χ2n) is 9.68. The Labute approximate surface area is 218 Å². The van der Waals surface area contributed by atoms with E-state index in [1.807, 2.05) is 26.0 Å². The van der Waals surface area contributed by atoms with Gasteiger partial charge in [0.25, 0.3) is 5.91 Å². The van der Waals surface area contributed by atoms with E-state index in [0.717, 1.165) is 10.5 Å². The lowest BCUT2D eigenvalue weighted by molar-refractivity contribution is -0.136. The molecule has 1 saturated heterocycles. The van der Waals surface area contributed by atoms with Crippen molar-refractivity contribution in [2.24, 2.45) is 5.92 Å². The third-order valence-corrected chi connectivity index (χ3v) is 7.55. The molecule has 7 nitrogen and oxygen atoms in total. The van der Waals surface area contributed by atoms with E-state index in [0.29, 0.717) is 5.69 Å². The van der Waals surface area contributed by atoms with Crippen LogP contribution in [0.3, 0.4) is 0 Å². The molecule has 1 spiro atoms. The van der Waals surface area contributed by atoms with Crippen LogP contribution in [0.5, 0.6) is 0 Å². The number of hydrogen-bond acceptors (Lipinski definition) is 4. The Bertz CT molecular complexity index is 1290. The van der Waals surface area contributed by atoms with Gasteiger partial charge >= 0.3 is 0 Å². The predicted octanol–water partition coefficient (Wildman–Crippen LogP) is 4.63. The zero-order valence-corrected chi connectivity index (χ0v) is 21.5. The minimum atomic E-state index is -1.06. The van der Waals surface area contributed by atoms with Gasteiger partial charge < -0.3 is 15.1 Å². The van der Waals surface area contributed by atoms with Gasteiger partial charge in [-0.05, 0) is 36.1 Å². The van der Waals surface area contributed by atoms with Gasteiger partial charge in [-0.25, -0.2) is 4.39 Å². The minimum absolute atomic E-state index is 0.00415. The fraction of sp³-hybridized carbons (Fsp3) is 0.385. The molecule has 4 rings (SSSR count). The van der Waals surface area contributed by atoms with Crippen LogP contribution in [-0.4, -0.2) is 53.2 Å². The smallest absolute Gasteiger partial charge is 0.258 e. The van der Waals surface area contributed by atoms with E-state index in [1.54, 1.807) is 12.1 Å². The number of carbonyl (C=O) groups excluding carboxylic acids is 3. The SMILES string of the molecule is CC(C)C[C@@H](C(=O)N1C[C@]2(C[C@H]1C#N)C(=O)Nc1ccccc12)N(C)C(=O)c1c(Cl)ccc(Cl)c1F. The van der Waals surface area contributed by atoms with Crippen LogP contribution >= 0.6 is 23.2 Å². The maximum atomic E-state index is 14.8. The molecule has 3 amide bonds. The number of halogens is 3. The van der Waals surface area contributed by atoms with Gasteiger partial charge in [-0.15, -0.1) is 0 Å². The molecule has 1 fully saturated rings. The Morgan fingerprint density at radius 1 is 1.25 bits per heavy atom. The Kier molecular flexibility index (Phi) is 7.00. The largest absolute Gasteiger partial charge is 0.330 e. The zero-order valence-electron chi connectivity index (χ0n) is 20.0. The maximum absolute atomic E-state index is 14.8. The summed E-state index contributed by atoms with van der Waals surface area (Å²) in [6, 6.07) is 10.0. The third-order valence-electron chi connectivity index (χ3n) is 6.94. The van der Waals surface area contributed by atoms with Crippen molar-refractivity contribution in [3.8, 4) is 6.07 Å². The van der Waals surface area contributed by atoms with Crippen molar-refractivity contribution in [2.45, 2.75) is 44.2 Å². The molecule has 1 N–H and O–H groups in total. The molecule has 0 unspecified atom stereocenters. The number of nitrogens with one attached hydrogen (secondary N) is 1. The van der Waals surface area contributed by atoms with Crippen molar-refractivity contribution in [3.63, 3.8) is 0 Å². The van der Waals surface area contributed by atoms with Crippen LogP contribution in [0.1, 0.15) is 42.6 Å². The highest BCUT2D eigenvalue weighted by atomic mass is 35.5. The number of hydrogen-bond donors (Lipinski definition) is 1. The number of amides is 3. The lowest BCUT2D eigenvalue weighted by Gasteiger charge is -2.33. The van der Waals surface area contributed by atoms with Gasteiger partial charge in [-0.3, -0.25) is 14.4 Å². The summed E-state index contributed by atoms with van der Waals surface area (Å²) < 4.78 is 14.8. The maximum Gasteiger partial charge on any atom is 0.258 e. The highest BCUT2D eigenvalue weighted by Gasteiger charge is 2.56. The molecule has 3 atom stereocenters. The number of para-hydroxylation sites is 1. The highest BCUT2D eigenvalue weighted by Crippen LogP contribution is 2.46. The van der Waals surface area contributed by atoms with Gasteiger partial charge in [0, 0.05) is 25.7 Å². The lowest BCUT2D eigenvalue weighted by Crippen LogP contribution is -2.52. The van der Waals surface area contributed by atoms with E-state index in [1.165, 1.54) is 24.1 Å². The number of benzene rings is 2. The molecule has 36 heavy (non-hydrogen) atoms. The van der Waals surface area contributed by atoms with Gasteiger partial charge in [0.05, 0.1) is 27.1 Å². The van der Waals surface area contributed by atoms with E-state index in [-0.39, 0.29) is 41.3 Å². The first-order chi connectivity index (χ1) is 17.0. The molecular formula is C26H25Cl2FN4O3. The van der Waals surface area contributed by atoms with E-state index >= 15 is 0 Å². The van der Waals surface area contributed by atoms with Crippen molar-refractivity contribution in [3.05, 3.63) is 63.4 Å². The average Bonchev–Trinajstić information content (AvgIpc) is 3.37. The van der Waals surface area contributed by atoms with Crippen LogP contribution in [0, 0.1) is 23.1 Å². The fourth-order valence-electron chi connectivity index (χ4n) is 5.09. The summed E-state index contributed by atoms with van der Waals surface area (Å²) in [5.74, 6) is -2.53. The van der Waals surface area contributed by atoms with Crippen LogP contribution in [0.25, 0.3) is 0 Å². The van der Waals surface area contributed by atoms with E-state index < -0.39 is 40.7 Å². The monoisotopic (exact) mass is 530 g/mol. The van der Waals surface area contributed by atoms with E-state index in [9.17, 15) is 24.0 Å².